The number of pyridine rings is 1. The van der Waals surface area contributed by atoms with Gasteiger partial charge in [-0.3, -0.25) is 19.8 Å². The lowest BCUT2D eigenvalue weighted by Crippen LogP contribution is -2.43. The molecule has 0 saturated carbocycles. The Bertz CT molecular complexity index is 1180. The first-order valence-corrected chi connectivity index (χ1v) is 11.8. The molecule has 7 nitrogen and oxygen atoms in total. The van der Waals surface area contributed by atoms with Gasteiger partial charge in [0.15, 0.2) is 0 Å². The molecule has 0 radical (unpaired) electrons. The zero-order chi connectivity index (χ0) is 24.6. The Morgan fingerprint density at radius 1 is 1.14 bits per heavy atom. The Hall–Kier alpha value is -3.43. The molecule has 35 heavy (non-hydrogen) atoms. The van der Waals surface area contributed by atoms with Crippen molar-refractivity contribution in [3.63, 3.8) is 0 Å². The third-order valence-corrected chi connectivity index (χ3v) is 6.92. The second kappa shape index (κ2) is 9.31. The second-order valence-electron chi connectivity index (χ2n) is 9.25. The van der Waals surface area contributed by atoms with E-state index in [0.717, 1.165) is 61.5 Å². The average Bonchev–Trinajstić information content (AvgIpc) is 2.88. The fraction of sp³-hybridized carbons (Fsp3) is 0.440. The Labute approximate surface area is 200 Å². The molecule has 0 spiro atoms. The standard InChI is InChI=1S/C25H26F3N5O2/c26-25(27,28)19-5-7-21-18(10-19)13-31-23(32-21)16-3-6-20(29-12-16)15-4-8-22(30-11-15)33-9-1-2-17(14-33)24(34)35/h3,5-7,10,12,15,17H,1-2,4,8-9,11,13-14H2,(H,31,32)(H,34,35)/t15?,17-/m1/s1. The third-order valence-electron chi connectivity index (χ3n) is 6.92. The van der Waals surface area contributed by atoms with Crippen molar-refractivity contribution >= 4 is 23.3 Å². The number of amidine groups is 2. The van der Waals surface area contributed by atoms with Crippen molar-refractivity contribution in [2.24, 2.45) is 15.9 Å². The van der Waals surface area contributed by atoms with Crippen LogP contribution in [0.15, 0.2) is 46.5 Å². The van der Waals surface area contributed by atoms with Gasteiger partial charge in [-0.25, -0.2) is 0 Å². The number of aliphatic imine (C=N–C) groups is 2. The molecule has 3 aliphatic heterocycles. The number of carbonyl (C=O) groups is 1. The molecular weight excluding hydrogens is 459 g/mol. The number of hydrogen-bond donors (Lipinski definition) is 2. The maximum Gasteiger partial charge on any atom is 0.416 e. The third kappa shape index (κ3) is 5.01. The van der Waals surface area contributed by atoms with Crippen LogP contribution in [0.4, 0.5) is 18.9 Å². The highest BCUT2D eigenvalue weighted by Gasteiger charge is 2.32. The number of benzene rings is 1. The number of aliphatic carboxylic acids is 1. The lowest BCUT2D eigenvalue weighted by molar-refractivity contribution is -0.143. The van der Waals surface area contributed by atoms with Gasteiger partial charge in [-0.1, -0.05) is 0 Å². The number of rotatable bonds is 3. The van der Waals surface area contributed by atoms with Crippen molar-refractivity contribution in [3.8, 4) is 0 Å². The van der Waals surface area contributed by atoms with Gasteiger partial charge in [0.05, 0.1) is 23.9 Å². The molecule has 1 fully saturated rings. The summed E-state index contributed by atoms with van der Waals surface area (Å²) in [5.74, 6) is 0.708. The first-order valence-electron chi connectivity index (χ1n) is 11.8. The Balaban J connectivity index is 1.22. The molecule has 2 aromatic rings. The van der Waals surface area contributed by atoms with E-state index in [-0.39, 0.29) is 18.4 Å². The van der Waals surface area contributed by atoms with Gasteiger partial charge in [0, 0.05) is 55.1 Å². The van der Waals surface area contributed by atoms with Crippen LogP contribution in [-0.2, 0) is 17.5 Å². The SMILES string of the molecule is O=C(O)[C@@H]1CCCN(C2=NCC(c3ccc(C4=NCc5cc(C(F)(F)F)ccc5N4)cn3)CC2)C1. The molecule has 0 amide bonds. The van der Waals surface area contributed by atoms with Crippen molar-refractivity contribution in [3.05, 3.63) is 58.9 Å². The lowest BCUT2D eigenvalue weighted by atomic mass is 9.93. The largest absolute Gasteiger partial charge is 0.481 e. The van der Waals surface area contributed by atoms with E-state index < -0.39 is 17.7 Å². The molecule has 0 bridgehead atoms. The van der Waals surface area contributed by atoms with E-state index in [2.05, 4.69) is 20.2 Å². The summed E-state index contributed by atoms with van der Waals surface area (Å²) in [6, 6.07) is 7.51. The predicted molar refractivity (Wildman–Crippen MR) is 126 cm³/mol. The van der Waals surface area contributed by atoms with Crippen LogP contribution in [0.2, 0.25) is 0 Å². The smallest absolute Gasteiger partial charge is 0.416 e. The Kier molecular flexibility index (Phi) is 6.21. The number of nitrogens with zero attached hydrogens (tertiary/aromatic N) is 4. The molecule has 3 aliphatic rings. The molecule has 2 atom stereocenters. The van der Waals surface area contributed by atoms with Crippen molar-refractivity contribution in [1.29, 1.82) is 0 Å². The van der Waals surface area contributed by atoms with Gasteiger partial charge in [-0.15, -0.1) is 0 Å². The van der Waals surface area contributed by atoms with Crippen molar-refractivity contribution < 1.29 is 23.1 Å². The summed E-state index contributed by atoms with van der Waals surface area (Å²) in [5, 5.41) is 12.4. The summed E-state index contributed by atoms with van der Waals surface area (Å²) in [6.45, 7) is 2.17. The molecule has 10 heteroatoms. The maximum atomic E-state index is 13.0. The van der Waals surface area contributed by atoms with Gasteiger partial charge >= 0.3 is 12.1 Å². The Morgan fingerprint density at radius 3 is 2.69 bits per heavy atom. The molecule has 1 unspecified atom stereocenters. The summed E-state index contributed by atoms with van der Waals surface area (Å²) in [6.07, 6.45) is 0.639. The highest BCUT2D eigenvalue weighted by molar-refractivity contribution is 6.09. The maximum absolute atomic E-state index is 13.0. The van der Waals surface area contributed by atoms with E-state index in [1.807, 2.05) is 12.1 Å². The van der Waals surface area contributed by atoms with Crippen LogP contribution in [0.5, 0.6) is 0 Å². The number of anilines is 1. The summed E-state index contributed by atoms with van der Waals surface area (Å²) in [7, 11) is 0. The molecule has 2 N–H and O–H groups in total. The second-order valence-corrected chi connectivity index (χ2v) is 9.25. The quantitative estimate of drug-likeness (QED) is 0.666. The lowest BCUT2D eigenvalue weighted by Gasteiger charge is -2.35. The molecule has 1 saturated heterocycles. The van der Waals surface area contributed by atoms with E-state index >= 15 is 0 Å². The fourth-order valence-electron chi connectivity index (χ4n) is 4.91. The summed E-state index contributed by atoms with van der Waals surface area (Å²) in [4.78, 5) is 27.3. The van der Waals surface area contributed by atoms with Gasteiger partial charge in [-0.2, -0.15) is 13.2 Å². The number of halogens is 3. The number of nitrogens with one attached hydrogen (secondary N) is 1. The molecular formula is C25H26F3N5O2. The highest BCUT2D eigenvalue weighted by atomic mass is 19.4. The molecule has 4 heterocycles. The topological polar surface area (TPSA) is 90.2 Å². The van der Waals surface area contributed by atoms with Gasteiger partial charge in [0.1, 0.15) is 5.84 Å². The normalized spacial score (nSPS) is 22.5. The Morgan fingerprint density at radius 2 is 2.00 bits per heavy atom. The summed E-state index contributed by atoms with van der Waals surface area (Å²) in [5.41, 5.74) is 2.15. The van der Waals surface area contributed by atoms with Gasteiger partial charge in [-0.05, 0) is 55.2 Å². The van der Waals surface area contributed by atoms with Crippen LogP contribution >= 0.6 is 0 Å². The first-order chi connectivity index (χ1) is 16.8. The fourth-order valence-corrected chi connectivity index (χ4v) is 4.91. The molecule has 1 aromatic heterocycles. The summed E-state index contributed by atoms with van der Waals surface area (Å²) < 4.78 is 38.9. The minimum atomic E-state index is -4.38. The molecule has 0 aliphatic carbocycles. The predicted octanol–water partition coefficient (Wildman–Crippen LogP) is 4.55. The van der Waals surface area contributed by atoms with Crippen LogP contribution < -0.4 is 5.32 Å². The number of fused-ring (bicyclic) bond motifs is 1. The zero-order valence-electron chi connectivity index (χ0n) is 19.1. The number of alkyl halides is 3. The van der Waals surface area contributed by atoms with E-state index in [0.29, 0.717) is 30.2 Å². The van der Waals surface area contributed by atoms with Crippen LogP contribution in [0.3, 0.4) is 0 Å². The number of likely N-dealkylation sites (tertiary alicyclic amines) is 1. The van der Waals surface area contributed by atoms with Gasteiger partial charge in [0.25, 0.3) is 0 Å². The van der Waals surface area contributed by atoms with Crippen molar-refractivity contribution in [1.82, 2.24) is 9.88 Å². The van der Waals surface area contributed by atoms with E-state index in [1.54, 1.807) is 6.20 Å². The first kappa shape index (κ1) is 23.3. The van der Waals surface area contributed by atoms with Crippen LogP contribution in [-0.4, -0.2) is 52.3 Å². The minimum Gasteiger partial charge on any atom is -0.481 e. The van der Waals surface area contributed by atoms with Crippen LogP contribution in [0.25, 0.3) is 0 Å². The van der Waals surface area contributed by atoms with E-state index in [1.165, 1.54) is 6.07 Å². The van der Waals surface area contributed by atoms with Crippen molar-refractivity contribution in [2.75, 3.05) is 25.0 Å². The average molecular weight is 486 g/mol. The molecule has 184 valence electrons. The number of aromatic nitrogens is 1. The van der Waals surface area contributed by atoms with Crippen molar-refractivity contribution in [2.45, 2.75) is 44.3 Å². The number of carboxylic acids is 1. The summed E-state index contributed by atoms with van der Waals surface area (Å²) >= 11 is 0. The number of hydrogen-bond acceptors (Lipinski definition) is 6. The van der Waals surface area contributed by atoms with Gasteiger partial charge in [0.2, 0.25) is 0 Å². The number of piperidine rings is 1. The molecule has 1 aromatic carbocycles. The zero-order valence-corrected chi connectivity index (χ0v) is 19.1. The minimum absolute atomic E-state index is 0.169. The van der Waals surface area contributed by atoms with Crippen LogP contribution in [0.1, 0.15) is 54.0 Å². The van der Waals surface area contributed by atoms with Gasteiger partial charge < -0.3 is 15.3 Å². The van der Waals surface area contributed by atoms with Crippen LogP contribution in [0, 0.1) is 5.92 Å². The van der Waals surface area contributed by atoms with E-state index in [4.69, 9.17) is 4.99 Å². The highest BCUT2D eigenvalue weighted by Crippen LogP contribution is 2.33. The van der Waals surface area contributed by atoms with E-state index in [9.17, 15) is 23.1 Å². The number of carboxylic acid groups (broad SMARTS) is 1. The molecule has 5 rings (SSSR count). The monoisotopic (exact) mass is 485 g/mol.